The summed E-state index contributed by atoms with van der Waals surface area (Å²) in [7, 11) is 3.42. The Hall–Kier alpha value is -3.62. The maximum absolute atomic E-state index is 15.7. The van der Waals surface area contributed by atoms with E-state index in [1.165, 1.54) is 11.2 Å². The molecule has 0 aliphatic rings. The molecule has 2 heterocycles. The van der Waals surface area contributed by atoms with Gasteiger partial charge in [0.2, 0.25) is 0 Å². The quantitative estimate of drug-likeness (QED) is 0.305. The molecule has 1 aromatic carbocycles. The molecule has 0 saturated carbocycles. The highest BCUT2D eigenvalue weighted by molar-refractivity contribution is 6.33. The number of benzene rings is 1. The van der Waals surface area contributed by atoms with Gasteiger partial charge in [-0.05, 0) is 37.3 Å². The minimum absolute atomic E-state index is 0.0208. The van der Waals surface area contributed by atoms with Crippen LogP contribution in [0.5, 0.6) is 0 Å². The molecular formula is C24H26ClFN6O. The van der Waals surface area contributed by atoms with E-state index in [2.05, 4.69) is 34.3 Å². The van der Waals surface area contributed by atoms with Crippen molar-refractivity contribution >= 4 is 34.0 Å². The third-order valence-corrected chi connectivity index (χ3v) is 5.33. The van der Waals surface area contributed by atoms with Crippen LogP contribution < -0.4 is 21.7 Å². The third-order valence-electron chi connectivity index (χ3n) is 5.01. The Morgan fingerprint density at radius 3 is 2.73 bits per heavy atom. The molecule has 0 saturated heterocycles. The number of fused-ring (bicyclic) bond motifs is 1. The molecule has 7 nitrogen and oxygen atoms in total. The topological polar surface area (TPSA) is 74.2 Å². The zero-order valence-electron chi connectivity index (χ0n) is 18.7. The number of anilines is 2. The second kappa shape index (κ2) is 10.3. The summed E-state index contributed by atoms with van der Waals surface area (Å²) in [5.74, 6) is -0.0184. The van der Waals surface area contributed by atoms with Gasteiger partial charge in [0.15, 0.2) is 5.82 Å². The molecule has 0 bridgehead atoms. The first-order valence-electron chi connectivity index (χ1n) is 10.3. The van der Waals surface area contributed by atoms with Crippen molar-refractivity contribution in [1.29, 1.82) is 0 Å². The number of hydrogen-bond acceptors (Lipinski definition) is 6. The zero-order valence-corrected chi connectivity index (χ0v) is 19.5. The van der Waals surface area contributed by atoms with Gasteiger partial charge in [0.05, 0.1) is 27.5 Å². The van der Waals surface area contributed by atoms with E-state index in [-0.39, 0.29) is 27.4 Å². The summed E-state index contributed by atoms with van der Waals surface area (Å²) in [5.41, 5.74) is 7.23. The highest BCUT2D eigenvalue weighted by Crippen LogP contribution is 2.34. The Bertz CT molecular complexity index is 1300. The van der Waals surface area contributed by atoms with Crippen LogP contribution in [0.3, 0.4) is 0 Å². The SMILES string of the molecule is C=C/C=C(\C=C)NN(C)Nc1ccc(Cl)c(-c2cc3cnc(NC)cc3n(CC)c2=O)c1F. The highest BCUT2D eigenvalue weighted by atomic mass is 35.5. The van der Waals surface area contributed by atoms with Gasteiger partial charge in [0.25, 0.3) is 5.56 Å². The second-order valence-corrected chi connectivity index (χ2v) is 7.52. The van der Waals surface area contributed by atoms with Crippen LogP contribution in [-0.4, -0.2) is 28.8 Å². The molecule has 0 atom stereocenters. The Morgan fingerprint density at radius 1 is 1.33 bits per heavy atom. The average molecular weight is 469 g/mol. The van der Waals surface area contributed by atoms with Crippen molar-refractivity contribution in [3.05, 3.63) is 88.7 Å². The summed E-state index contributed by atoms with van der Waals surface area (Å²) in [5, 5.41) is 5.25. The van der Waals surface area contributed by atoms with Gasteiger partial charge >= 0.3 is 0 Å². The lowest BCUT2D eigenvalue weighted by Gasteiger charge is -2.23. The number of aryl methyl sites for hydroxylation is 1. The van der Waals surface area contributed by atoms with Gasteiger partial charge in [0.1, 0.15) is 5.82 Å². The molecule has 0 fully saturated rings. The van der Waals surface area contributed by atoms with Crippen molar-refractivity contribution in [2.45, 2.75) is 13.5 Å². The van der Waals surface area contributed by atoms with Gasteiger partial charge in [-0.15, -0.1) is 5.12 Å². The molecule has 0 unspecified atom stereocenters. The van der Waals surface area contributed by atoms with Crippen LogP contribution in [0.1, 0.15) is 6.92 Å². The van der Waals surface area contributed by atoms with Crippen LogP contribution >= 0.6 is 11.6 Å². The van der Waals surface area contributed by atoms with Gasteiger partial charge in [0, 0.05) is 43.9 Å². The maximum Gasteiger partial charge on any atom is 0.259 e. The standard InChI is InChI=1S/C24H26ClFN6O/c1-6-9-16(7-2)29-31(5)30-19-11-10-18(25)22(23(19)26)17-12-15-14-28-21(27-4)13-20(15)32(8-3)24(17)33/h6-7,9-14,29-30H,1-2,8H2,3-5H3,(H,27,28)/b16-9+. The Kier molecular flexibility index (Phi) is 7.52. The van der Waals surface area contributed by atoms with Gasteiger partial charge in [-0.1, -0.05) is 30.8 Å². The highest BCUT2D eigenvalue weighted by Gasteiger charge is 2.20. The Labute approximate surface area is 196 Å². The smallest absolute Gasteiger partial charge is 0.259 e. The van der Waals surface area contributed by atoms with Gasteiger partial charge in [-0.2, -0.15) is 0 Å². The third kappa shape index (κ3) is 4.92. The molecule has 172 valence electrons. The van der Waals surface area contributed by atoms with Crippen LogP contribution in [0.25, 0.3) is 22.0 Å². The fourth-order valence-electron chi connectivity index (χ4n) is 3.47. The van der Waals surface area contributed by atoms with E-state index in [1.807, 2.05) is 6.92 Å². The lowest BCUT2D eigenvalue weighted by molar-refractivity contribution is 0.325. The first kappa shape index (κ1) is 24.0. The largest absolute Gasteiger partial charge is 0.373 e. The number of nitrogens with zero attached hydrogens (tertiary/aromatic N) is 3. The Balaban J connectivity index is 2.11. The van der Waals surface area contributed by atoms with E-state index in [0.29, 0.717) is 29.0 Å². The minimum Gasteiger partial charge on any atom is -0.373 e. The van der Waals surface area contributed by atoms with Crippen LogP contribution in [-0.2, 0) is 6.54 Å². The molecule has 3 aromatic rings. The number of halogens is 2. The summed E-state index contributed by atoms with van der Waals surface area (Å²) < 4.78 is 17.2. The van der Waals surface area contributed by atoms with Crippen LogP contribution in [0.15, 0.2) is 72.3 Å². The first-order valence-corrected chi connectivity index (χ1v) is 10.6. The Morgan fingerprint density at radius 2 is 2.09 bits per heavy atom. The van der Waals surface area contributed by atoms with E-state index in [9.17, 15) is 4.79 Å². The summed E-state index contributed by atoms with van der Waals surface area (Å²) in [4.78, 5) is 17.7. The summed E-state index contributed by atoms with van der Waals surface area (Å²) in [6.07, 6.45) is 6.56. The monoisotopic (exact) mass is 468 g/mol. The van der Waals surface area contributed by atoms with Crippen molar-refractivity contribution in [2.75, 3.05) is 24.8 Å². The van der Waals surface area contributed by atoms with Gasteiger partial charge in [-0.25, -0.2) is 9.37 Å². The minimum atomic E-state index is -0.650. The molecule has 0 radical (unpaired) electrons. The molecule has 0 aliphatic carbocycles. The van der Waals surface area contributed by atoms with Crippen LogP contribution in [0.4, 0.5) is 15.9 Å². The predicted octanol–water partition coefficient (Wildman–Crippen LogP) is 4.94. The van der Waals surface area contributed by atoms with Crippen molar-refractivity contribution in [3.8, 4) is 11.1 Å². The molecule has 0 amide bonds. The average Bonchev–Trinajstić information content (AvgIpc) is 2.80. The fraction of sp³-hybridized carbons (Fsp3) is 0.167. The molecule has 0 aliphatic heterocycles. The summed E-state index contributed by atoms with van der Waals surface area (Å²) >= 11 is 6.38. The molecule has 2 aromatic heterocycles. The van der Waals surface area contributed by atoms with Gasteiger partial charge in [-0.3, -0.25) is 10.2 Å². The van der Waals surface area contributed by atoms with Crippen molar-refractivity contribution < 1.29 is 4.39 Å². The number of nitrogens with one attached hydrogen (secondary N) is 3. The number of hydrazine groups is 2. The number of hydrogen-bond donors (Lipinski definition) is 3. The molecule has 33 heavy (non-hydrogen) atoms. The van der Waals surface area contributed by atoms with E-state index in [1.54, 1.807) is 61.3 Å². The molecule has 9 heteroatoms. The summed E-state index contributed by atoms with van der Waals surface area (Å²) in [6.45, 7) is 9.62. The number of allylic oxidation sites excluding steroid dienone is 3. The van der Waals surface area contributed by atoms with Gasteiger partial charge < -0.3 is 15.3 Å². The lowest BCUT2D eigenvalue weighted by Crippen LogP contribution is -2.38. The van der Waals surface area contributed by atoms with Crippen molar-refractivity contribution in [2.24, 2.45) is 0 Å². The first-order chi connectivity index (χ1) is 15.8. The normalized spacial score (nSPS) is 11.5. The predicted molar refractivity (Wildman–Crippen MR) is 135 cm³/mol. The maximum atomic E-state index is 15.7. The van der Waals surface area contributed by atoms with Crippen LogP contribution in [0, 0.1) is 5.82 Å². The number of pyridine rings is 2. The van der Waals surface area contributed by atoms with E-state index in [0.717, 1.165) is 0 Å². The number of aromatic nitrogens is 2. The lowest BCUT2D eigenvalue weighted by atomic mass is 10.0. The molecule has 3 rings (SSSR count). The molecular weight excluding hydrogens is 443 g/mol. The van der Waals surface area contributed by atoms with E-state index < -0.39 is 5.82 Å². The molecule has 3 N–H and O–H groups in total. The number of rotatable bonds is 9. The fourth-order valence-corrected chi connectivity index (χ4v) is 3.72. The van der Waals surface area contributed by atoms with Crippen molar-refractivity contribution in [3.63, 3.8) is 0 Å². The van der Waals surface area contributed by atoms with Crippen molar-refractivity contribution in [1.82, 2.24) is 20.1 Å². The van der Waals surface area contributed by atoms with E-state index >= 15 is 4.39 Å². The summed E-state index contributed by atoms with van der Waals surface area (Å²) in [6, 6.07) is 6.46. The second-order valence-electron chi connectivity index (χ2n) is 7.11. The van der Waals surface area contributed by atoms with E-state index in [4.69, 9.17) is 11.6 Å². The van der Waals surface area contributed by atoms with Crippen LogP contribution in [0.2, 0.25) is 5.02 Å². The zero-order chi connectivity index (χ0) is 24.1. The molecule has 0 spiro atoms.